The minimum absolute atomic E-state index is 0.00491. The van der Waals surface area contributed by atoms with Crippen LogP contribution in [0.25, 0.3) is 0 Å². The van der Waals surface area contributed by atoms with Gasteiger partial charge in [0.15, 0.2) is 0 Å². The molecule has 1 saturated carbocycles. The number of amides is 1. The highest BCUT2D eigenvalue weighted by Gasteiger charge is 2.47. The van der Waals surface area contributed by atoms with Crippen LogP contribution in [-0.2, 0) is 4.79 Å². The van der Waals surface area contributed by atoms with E-state index in [2.05, 4.69) is 5.32 Å². The van der Waals surface area contributed by atoms with Crippen molar-refractivity contribution >= 4 is 5.91 Å². The zero-order chi connectivity index (χ0) is 9.47. The molecule has 1 heterocycles. The molecule has 1 spiro atoms. The summed E-state index contributed by atoms with van der Waals surface area (Å²) >= 11 is 0. The van der Waals surface area contributed by atoms with Crippen LogP contribution in [0.15, 0.2) is 0 Å². The van der Waals surface area contributed by atoms with Gasteiger partial charge in [-0.05, 0) is 25.7 Å². The van der Waals surface area contributed by atoms with Gasteiger partial charge in [-0.2, -0.15) is 0 Å². The molecule has 3 atom stereocenters. The van der Waals surface area contributed by atoms with Crippen LogP contribution >= 0.6 is 0 Å². The Balaban J connectivity index is 2.16. The highest BCUT2D eigenvalue weighted by atomic mass is 19.1. The third-order valence-corrected chi connectivity index (χ3v) is 3.19. The third-order valence-electron chi connectivity index (χ3n) is 3.19. The molecule has 1 saturated heterocycles. The average molecular weight is 186 g/mol. The molecule has 2 rings (SSSR count). The first-order chi connectivity index (χ1) is 6.12. The van der Waals surface area contributed by atoms with Gasteiger partial charge in [0.1, 0.15) is 6.17 Å². The monoisotopic (exact) mass is 186 g/mol. The van der Waals surface area contributed by atoms with Crippen LogP contribution in [0.5, 0.6) is 0 Å². The van der Waals surface area contributed by atoms with Crippen molar-refractivity contribution in [1.29, 1.82) is 0 Å². The quantitative estimate of drug-likeness (QED) is 0.573. The first-order valence-corrected chi connectivity index (χ1v) is 4.80. The standard InChI is InChI=1S/C9H15FN2O/c10-6-3-7(11)5-9(4-6)1-2-12-8(9)13/h6-7H,1-5,11H2,(H,12,13)/t6?,7-,9-/m1/s1. The fourth-order valence-electron chi connectivity index (χ4n) is 2.61. The lowest BCUT2D eigenvalue weighted by Gasteiger charge is -2.35. The van der Waals surface area contributed by atoms with Crippen LogP contribution in [0.2, 0.25) is 0 Å². The number of hydrogen-bond donors (Lipinski definition) is 2. The maximum atomic E-state index is 13.2. The Morgan fingerprint density at radius 1 is 1.54 bits per heavy atom. The van der Waals surface area contributed by atoms with Crippen molar-refractivity contribution in [2.45, 2.75) is 37.9 Å². The van der Waals surface area contributed by atoms with Crippen molar-refractivity contribution in [3.05, 3.63) is 0 Å². The normalized spacial score (nSPS) is 45.2. The van der Waals surface area contributed by atoms with Gasteiger partial charge >= 0.3 is 0 Å². The van der Waals surface area contributed by atoms with Gasteiger partial charge < -0.3 is 11.1 Å². The minimum Gasteiger partial charge on any atom is -0.356 e. The number of nitrogens with two attached hydrogens (primary N) is 1. The summed E-state index contributed by atoms with van der Waals surface area (Å²) in [5.74, 6) is 0.00491. The zero-order valence-corrected chi connectivity index (χ0v) is 7.55. The predicted octanol–water partition coefficient (Wildman–Crippen LogP) is 0.342. The van der Waals surface area contributed by atoms with E-state index in [1.165, 1.54) is 0 Å². The molecular formula is C9H15FN2O. The van der Waals surface area contributed by atoms with Gasteiger partial charge in [-0.25, -0.2) is 4.39 Å². The zero-order valence-electron chi connectivity index (χ0n) is 7.55. The molecule has 3 N–H and O–H groups in total. The maximum Gasteiger partial charge on any atom is 0.226 e. The number of carbonyl (C=O) groups is 1. The molecule has 13 heavy (non-hydrogen) atoms. The Labute approximate surface area is 76.9 Å². The third kappa shape index (κ3) is 1.43. The van der Waals surface area contributed by atoms with Crippen LogP contribution in [0.3, 0.4) is 0 Å². The molecule has 1 aliphatic carbocycles. The first kappa shape index (κ1) is 8.94. The molecule has 1 unspecified atom stereocenters. The first-order valence-electron chi connectivity index (χ1n) is 4.80. The van der Waals surface area contributed by atoms with E-state index >= 15 is 0 Å². The molecule has 0 aromatic heterocycles. The summed E-state index contributed by atoms with van der Waals surface area (Å²) in [6.45, 7) is 0.679. The topological polar surface area (TPSA) is 55.1 Å². The van der Waals surface area contributed by atoms with Crippen molar-refractivity contribution < 1.29 is 9.18 Å². The van der Waals surface area contributed by atoms with Crippen molar-refractivity contribution in [3.63, 3.8) is 0 Å². The average Bonchev–Trinajstić information content (AvgIpc) is 2.30. The van der Waals surface area contributed by atoms with Crippen LogP contribution in [0.4, 0.5) is 4.39 Å². The second kappa shape index (κ2) is 2.94. The molecule has 2 fully saturated rings. The second-order valence-corrected chi connectivity index (χ2v) is 4.29. The number of halogens is 1. The molecule has 0 aromatic carbocycles. The largest absolute Gasteiger partial charge is 0.356 e. The molecule has 74 valence electrons. The van der Waals surface area contributed by atoms with Crippen molar-refractivity contribution in [2.24, 2.45) is 11.1 Å². The Morgan fingerprint density at radius 2 is 2.31 bits per heavy atom. The van der Waals surface area contributed by atoms with E-state index in [1.807, 2.05) is 0 Å². The molecule has 0 bridgehead atoms. The maximum absolute atomic E-state index is 13.2. The number of hydrogen-bond acceptors (Lipinski definition) is 2. The van der Waals surface area contributed by atoms with Crippen LogP contribution in [0, 0.1) is 5.41 Å². The number of rotatable bonds is 0. The summed E-state index contributed by atoms with van der Waals surface area (Å²) in [6, 6.07) is -0.146. The van der Waals surface area contributed by atoms with Crippen LogP contribution in [0.1, 0.15) is 25.7 Å². The van der Waals surface area contributed by atoms with E-state index in [0.717, 1.165) is 6.42 Å². The van der Waals surface area contributed by atoms with Crippen LogP contribution in [-0.4, -0.2) is 24.7 Å². The van der Waals surface area contributed by atoms with Gasteiger partial charge in [-0.1, -0.05) is 0 Å². The summed E-state index contributed by atoms with van der Waals surface area (Å²) in [7, 11) is 0. The number of alkyl halides is 1. The van der Waals surface area contributed by atoms with E-state index in [-0.39, 0.29) is 11.9 Å². The minimum atomic E-state index is -0.896. The molecule has 1 amide bonds. The Hall–Kier alpha value is -0.640. The van der Waals surface area contributed by atoms with E-state index < -0.39 is 11.6 Å². The second-order valence-electron chi connectivity index (χ2n) is 4.29. The molecule has 4 heteroatoms. The molecule has 1 aliphatic heterocycles. The lowest BCUT2D eigenvalue weighted by Crippen LogP contribution is -2.44. The lowest BCUT2D eigenvalue weighted by atomic mass is 9.70. The number of nitrogens with one attached hydrogen (secondary N) is 1. The molecular weight excluding hydrogens is 171 g/mol. The highest BCUT2D eigenvalue weighted by molar-refractivity contribution is 5.84. The Bertz CT molecular complexity index is 222. The Kier molecular flexibility index (Phi) is 2.02. The van der Waals surface area contributed by atoms with Gasteiger partial charge in [-0.3, -0.25) is 4.79 Å². The van der Waals surface area contributed by atoms with Crippen molar-refractivity contribution in [2.75, 3.05) is 6.54 Å². The number of carbonyl (C=O) groups excluding carboxylic acids is 1. The van der Waals surface area contributed by atoms with Crippen molar-refractivity contribution in [1.82, 2.24) is 5.32 Å². The highest BCUT2D eigenvalue weighted by Crippen LogP contribution is 2.42. The van der Waals surface area contributed by atoms with Gasteiger partial charge in [-0.15, -0.1) is 0 Å². The molecule has 0 aromatic rings. The van der Waals surface area contributed by atoms with Gasteiger partial charge in [0.05, 0.1) is 5.41 Å². The fourth-order valence-corrected chi connectivity index (χ4v) is 2.61. The molecule has 2 aliphatic rings. The van der Waals surface area contributed by atoms with Gasteiger partial charge in [0.25, 0.3) is 0 Å². The summed E-state index contributed by atoms with van der Waals surface area (Å²) < 4.78 is 13.2. The lowest BCUT2D eigenvalue weighted by molar-refractivity contribution is -0.130. The molecule has 0 radical (unpaired) electrons. The summed E-state index contributed by atoms with van der Waals surface area (Å²) in [5.41, 5.74) is 5.25. The smallest absolute Gasteiger partial charge is 0.226 e. The van der Waals surface area contributed by atoms with Gasteiger partial charge in [0, 0.05) is 12.6 Å². The Morgan fingerprint density at radius 3 is 2.85 bits per heavy atom. The van der Waals surface area contributed by atoms with E-state index in [9.17, 15) is 9.18 Å². The molecule has 3 nitrogen and oxygen atoms in total. The predicted molar refractivity (Wildman–Crippen MR) is 46.8 cm³/mol. The van der Waals surface area contributed by atoms with E-state index in [4.69, 9.17) is 5.73 Å². The van der Waals surface area contributed by atoms with Gasteiger partial charge in [0.2, 0.25) is 5.91 Å². The van der Waals surface area contributed by atoms with Crippen molar-refractivity contribution in [3.8, 4) is 0 Å². The summed E-state index contributed by atoms with van der Waals surface area (Å²) in [5, 5.41) is 2.76. The van der Waals surface area contributed by atoms with E-state index in [1.54, 1.807) is 0 Å². The van der Waals surface area contributed by atoms with Crippen LogP contribution < -0.4 is 11.1 Å². The fraction of sp³-hybridized carbons (Fsp3) is 0.889. The SMILES string of the molecule is N[C@@H]1CC(F)C[C@]2(CCNC2=O)C1. The summed E-state index contributed by atoms with van der Waals surface area (Å²) in [4.78, 5) is 11.5. The van der Waals surface area contributed by atoms with E-state index in [0.29, 0.717) is 25.8 Å². The summed E-state index contributed by atoms with van der Waals surface area (Å²) in [6.07, 6.45) is 1.29.